The van der Waals surface area contributed by atoms with Crippen LogP contribution in [0.4, 0.5) is 0 Å². The summed E-state index contributed by atoms with van der Waals surface area (Å²) in [5.41, 5.74) is 5.43. The number of nitrogens with one attached hydrogen (secondary N) is 1. The van der Waals surface area contributed by atoms with Gasteiger partial charge < -0.3 is 9.55 Å². The van der Waals surface area contributed by atoms with Crippen molar-refractivity contribution in [2.75, 3.05) is 0 Å². The summed E-state index contributed by atoms with van der Waals surface area (Å²) in [5, 5.41) is 1.06. The van der Waals surface area contributed by atoms with Gasteiger partial charge in [0, 0.05) is 42.8 Å². The quantitative estimate of drug-likeness (QED) is 0.514. The van der Waals surface area contributed by atoms with Gasteiger partial charge in [-0.15, -0.1) is 0 Å². The average molecular weight is 381 g/mol. The maximum absolute atomic E-state index is 12.7. The fourth-order valence-corrected chi connectivity index (χ4v) is 3.57. The number of benzene rings is 1. The van der Waals surface area contributed by atoms with Crippen LogP contribution in [0.1, 0.15) is 5.56 Å². The lowest BCUT2D eigenvalue weighted by atomic mass is 10.1. The van der Waals surface area contributed by atoms with Gasteiger partial charge in [0.05, 0.1) is 17.9 Å². The molecule has 5 rings (SSSR count). The van der Waals surface area contributed by atoms with Gasteiger partial charge in [-0.25, -0.2) is 9.78 Å². The molecule has 0 aliphatic rings. The highest BCUT2D eigenvalue weighted by atomic mass is 16.1. The van der Waals surface area contributed by atoms with Gasteiger partial charge in [0.15, 0.2) is 0 Å². The van der Waals surface area contributed by atoms with Gasteiger partial charge in [0.2, 0.25) is 0 Å². The van der Waals surface area contributed by atoms with E-state index in [0.29, 0.717) is 6.54 Å². The number of hydrogen-bond acceptors (Lipinski definition) is 3. The van der Waals surface area contributed by atoms with E-state index in [-0.39, 0.29) is 5.69 Å². The number of H-pyrrole nitrogens is 1. The average Bonchev–Trinajstić information content (AvgIpc) is 3.34. The number of fused-ring (bicyclic) bond motifs is 1. The van der Waals surface area contributed by atoms with Crippen molar-refractivity contribution in [2.24, 2.45) is 7.05 Å². The number of imidazole rings is 1. The minimum absolute atomic E-state index is 0.0635. The van der Waals surface area contributed by atoms with E-state index in [9.17, 15) is 4.79 Å². The molecule has 6 nitrogen and oxygen atoms in total. The van der Waals surface area contributed by atoms with Crippen LogP contribution in [0.15, 0.2) is 84.2 Å². The predicted molar refractivity (Wildman–Crippen MR) is 114 cm³/mol. The number of aromatic amines is 1. The molecule has 0 aliphatic carbocycles. The van der Waals surface area contributed by atoms with Gasteiger partial charge >= 0.3 is 5.69 Å². The molecule has 4 heterocycles. The van der Waals surface area contributed by atoms with Gasteiger partial charge in [0.25, 0.3) is 0 Å². The Balaban J connectivity index is 1.59. The second-order valence-electron chi connectivity index (χ2n) is 7.05. The summed E-state index contributed by atoms with van der Waals surface area (Å²) in [6, 6.07) is 18.0. The van der Waals surface area contributed by atoms with Crippen LogP contribution in [0.25, 0.3) is 33.5 Å². The first-order valence-electron chi connectivity index (χ1n) is 9.39. The molecule has 1 aromatic carbocycles. The van der Waals surface area contributed by atoms with Crippen LogP contribution >= 0.6 is 0 Å². The predicted octanol–water partition coefficient (Wildman–Crippen LogP) is 3.84. The molecule has 142 valence electrons. The van der Waals surface area contributed by atoms with E-state index in [4.69, 9.17) is 0 Å². The van der Waals surface area contributed by atoms with Gasteiger partial charge in [-0.2, -0.15) is 0 Å². The van der Waals surface area contributed by atoms with E-state index in [0.717, 1.165) is 39.1 Å². The summed E-state index contributed by atoms with van der Waals surface area (Å²) in [6.07, 6.45) is 7.34. The second kappa shape index (κ2) is 6.91. The van der Waals surface area contributed by atoms with Gasteiger partial charge in [0.1, 0.15) is 5.65 Å². The molecule has 5 aromatic rings. The van der Waals surface area contributed by atoms with Crippen LogP contribution in [0.2, 0.25) is 0 Å². The summed E-state index contributed by atoms with van der Waals surface area (Å²) in [6.45, 7) is 0.499. The lowest BCUT2D eigenvalue weighted by Crippen LogP contribution is -2.23. The molecule has 0 spiro atoms. The Hall–Kier alpha value is -3.93. The van der Waals surface area contributed by atoms with Crippen molar-refractivity contribution in [3.63, 3.8) is 0 Å². The Labute approximate surface area is 167 Å². The highest BCUT2D eigenvalue weighted by Gasteiger charge is 2.14. The van der Waals surface area contributed by atoms with E-state index in [2.05, 4.69) is 21.0 Å². The van der Waals surface area contributed by atoms with E-state index in [1.54, 1.807) is 22.4 Å². The SMILES string of the molecule is Cn1cc(-c2cc(-c3cnc4[nH]ccc4c3)ccn2)n(Cc2ccccc2)c1=O. The van der Waals surface area contributed by atoms with Crippen molar-refractivity contribution in [3.05, 3.63) is 95.4 Å². The molecule has 0 saturated carbocycles. The Bertz CT molecular complexity index is 1360. The van der Waals surface area contributed by atoms with E-state index in [1.807, 2.05) is 67.1 Å². The van der Waals surface area contributed by atoms with Crippen LogP contribution in [-0.4, -0.2) is 24.1 Å². The topological polar surface area (TPSA) is 68.5 Å². The Morgan fingerprint density at radius 2 is 1.86 bits per heavy atom. The highest BCUT2D eigenvalue weighted by molar-refractivity contribution is 5.82. The monoisotopic (exact) mass is 381 g/mol. The van der Waals surface area contributed by atoms with E-state index >= 15 is 0 Å². The molecule has 0 aliphatic heterocycles. The highest BCUT2D eigenvalue weighted by Crippen LogP contribution is 2.26. The fourth-order valence-electron chi connectivity index (χ4n) is 3.57. The van der Waals surface area contributed by atoms with Crippen molar-refractivity contribution in [1.82, 2.24) is 24.1 Å². The molecule has 0 amide bonds. The van der Waals surface area contributed by atoms with Crippen LogP contribution in [0, 0.1) is 0 Å². The van der Waals surface area contributed by atoms with Crippen molar-refractivity contribution in [3.8, 4) is 22.5 Å². The maximum Gasteiger partial charge on any atom is 0.328 e. The van der Waals surface area contributed by atoms with Crippen molar-refractivity contribution >= 4 is 11.0 Å². The fraction of sp³-hybridized carbons (Fsp3) is 0.0870. The largest absolute Gasteiger partial charge is 0.346 e. The van der Waals surface area contributed by atoms with Crippen molar-refractivity contribution < 1.29 is 0 Å². The van der Waals surface area contributed by atoms with Gasteiger partial charge in [-0.05, 0) is 35.4 Å². The lowest BCUT2D eigenvalue weighted by Gasteiger charge is -2.09. The number of aromatic nitrogens is 5. The molecule has 4 aromatic heterocycles. The molecule has 6 heteroatoms. The Morgan fingerprint density at radius 3 is 2.72 bits per heavy atom. The van der Waals surface area contributed by atoms with Gasteiger partial charge in [-0.3, -0.25) is 9.55 Å². The van der Waals surface area contributed by atoms with Gasteiger partial charge in [-0.1, -0.05) is 30.3 Å². The third-order valence-corrected chi connectivity index (χ3v) is 5.08. The lowest BCUT2D eigenvalue weighted by molar-refractivity contribution is 0.721. The maximum atomic E-state index is 12.7. The van der Waals surface area contributed by atoms with Crippen LogP contribution < -0.4 is 5.69 Å². The summed E-state index contributed by atoms with van der Waals surface area (Å²) in [7, 11) is 1.76. The molecule has 29 heavy (non-hydrogen) atoms. The molecule has 1 N–H and O–H groups in total. The molecule has 0 fully saturated rings. The molecule has 0 bridgehead atoms. The van der Waals surface area contributed by atoms with Crippen LogP contribution in [0.3, 0.4) is 0 Å². The minimum atomic E-state index is -0.0635. The van der Waals surface area contributed by atoms with Crippen LogP contribution in [-0.2, 0) is 13.6 Å². The first kappa shape index (κ1) is 17.2. The molecule has 0 saturated heterocycles. The van der Waals surface area contributed by atoms with Crippen LogP contribution in [0.5, 0.6) is 0 Å². The smallest absolute Gasteiger partial charge is 0.328 e. The standard InChI is InChI=1S/C23H19N5O/c1-27-15-21(28(23(27)29)14-16-5-3-2-4-6-16)20-12-17(7-9-24-20)19-11-18-8-10-25-22(18)26-13-19/h2-13,15H,14H2,1H3,(H,25,26). The molecular weight excluding hydrogens is 362 g/mol. The molecule has 0 unspecified atom stereocenters. The zero-order valence-corrected chi connectivity index (χ0v) is 15.9. The number of rotatable bonds is 4. The zero-order chi connectivity index (χ0) is 19.8. The van der Waals surface area contributed by atoms with Crippen molar-refractivity contribution in [2.45, 2.75) is 6.54 Å². The van der Waals surface area contributed by atoms with E-state index in [1.165, 1.54) is 0 Å². The summed E-state index contributed by atoms with van der Waals surface area (Å²) in [5.74, 6) is 0. The third kappa shape index (κ3) is 3.14. The Kier molecular flexibility index (Phi) is 4.09. The Morgan fingerprint density at radius 1 is 1.00 bits per heavy atom. The minimum Gasteiger partial charge on any atom is -0.346 e. The summed E-state index contributed by atoms with van der Waals surface area (Å²) >= 11 is 0. The second-order valence-corrected chi connectivity index (χ2v) is 7.05. The zero-order valence-electron chi connectivity index (χ0n) is 15.9. The summed E-state index contributed by atoms with van der Waals surface area (Å²) in [4.78, 5) is 24.9. The third-order valence-electron chi connectivity index (χ3n) is 5.08. The number of nitrogens with zero attached hydrogens (tertiary/aromatic N) is 4. The summed E-state index contributed by atoms with van der Waals surface area (Å²) < 4.78 is 3.36. The van der Waals surface area contributed by atoms with E-state index < -0.39 is 0 Å². The number of hydrogen-bond donors (Lipinski definition) is 1. The number of pyridine rings is 2. The van der Waals surface area contributed by atoms with Crippen molar-refractivity contribution in [1.29, 1.82) is 0 Å². The molecule has 0 radical (unpaired) electrons. The number of aryl methyl sites for hydroxylation is 1. The normalized spacial score (nSPS) is 11.2. The molecule has 0 atom stereocenters. The first-order chi connectivity index (χ1) is 14.2. The first-order valence-corrected chi connectivity index (χ1v) is 9.39. The molecular formula is C23H19N5O.